The van der Waals surface area contributed by atoms with E-state index in [0.717, 1.165) is 36.8 Å². The first kappa shape index (κ1) is 18.9. The zero-order valence-electron chi connectivity index (χ0n) is 14.6. The minimum Gasteiger partial charge on any atom is -0.392 e. The fourth-order valence-corrected chi connectivity index (χ4v) is 2.74. The van der Waals surface area contributed by atoms with Crippen molar-refractivity contribution in [2.24, 2.45) is 5.92 Å². The van der Waals surface area contributed by atoms with E-state index in [4.69, 9.17) is 0 Å². The first-order chi connectivity index (χ1) is 10.4. The van der Waals surface area contributed by atoms with Gasteiger partial charge >= 0.3 is 0 Å². The molecule has 2 nitrogen and oxygen atoms in total. The highest BCUT2D eigenvalue weighted by atomic mass is 16.3. The minimum atomic E-state index is -0.512. The SMILES string of the molecule is C/C1=C\CC/C(C)=C/C=C(/C(C)C)[C@@H](O)C/C(CO)=C/CC1. The van der Waals surface area contributed by atoms with Gasteiger partial charge in [-0.15, -0.1) is 0 Å². The summed E-state index contributed by atoms with van der Waals surface area (Å²) in [5.41, 5.74) is 4.72. The van der Waals surface area contributed by atoms with E-state index in [0.29, 0.717) is 12.3 Å². The second-order valence-corrected chi connectivity index (χ2v) is 6.70. The van der Waals surface area contributed by atoms with E-state index < -0.39 is 6.10 Å². The van der Waals surface area contributed by atoms with Gasteiger partial charge in [-0.1, -0.05) is 49.3 Å². The van der Waals surface area contributed by atoms with Gasteiger partial charge in [-0.05, 0) is 56.6 Å². The van der Waals surface area contributed by atoms with Crippen molar-refractivity contribution in [2.75, 3.05) is 6.61 Å². The van der Waals surface area contributed by atoms with Crippen LogP contribution in [0.2, 0.25) is 0 Å². The molecule has 0 spiro atoms. The average molecular weight is 304 g/mol. The molecule has 0 bridgehead atoms. The molecule has 0 amide bonds. The number of rotatable bonds is 2. The number of aliphatic hydroxyl groups excluding tert-OH is 2. The summed E-state index contributed by atoms with van der Waals surface area (Å²) in [6, 6.07) is 0. The Kier molecular flexibility index (Phi) is 8.44. The average Bonchev–Trinajstić information content (AvgIpc) is 2.45. The number of allylic oxidation sites excluding steroid dienone is 6. The normalized spacial score (nSPS) is 31.9. The summed E-state index contributed by atoms with van der Waals surface area (Å²) in [5.74, 6) is 0.300. The van der Waals surface area contributed by atoms with E-state index in [1.165, 1.54) is 11.1 Å². The summed E-state index contributed by atoms with van der Waals surface area (Å²) in [5, 5.41) is 20.0. The van der Waals surface area contributed by atoms with Gasteiger partial charge in [0.2, 0.25) is 0 Å². The van der Waals surface area contributed by atoms with Crippen LogP contribution in [0.5, 0.6) is 0 Å². The number of hydrogen-bond donors (Lipinski definition) is 2. The van der Waals surface area contributed by atoms with Crippen LogP contribution in [-0.4, -0.2) is 22.9 Å². The summed E-state index contributed by atoms with van der Waals surface area (Å²) in [6.45, 7) is 8.56. The van der Waals surface area contributed by atoms with Crippen molar-refractivity contribution in [1.82, 2.24) is 0 Å². The maximum absolute atomic E-state index is 10.5. The summed E-state index contributed by atoms with van der Waals surface area (Å²) < 4.78 is 0. The molecule has 0 aromatic heterocycles. The monoisotopic (exact) mass is 304 g/mol. The molecule has 0 aromatic rings. The highest BCUT2D eigenvalue weighted by Crippen LogP contribution is 2.22. The van der Waals surface area contributed by atoms with Gasteiger partial charge in [0.05, 0.1) is 12.7 Å². The van der Waals surface area contributed by atoms with Crippen LogP contribution in [0.15, 0.2) is 46.6 Å². The maximum Gasteiger partial charge on any atom is 0.0793 e. The molecule has 1 aliphatic rings. The fourth-order valence-electron chi connectivity index (χ4n) is 2.74. The molecule has 0 saturated carbocycles. The third kappa shape index (κ3) is 6.76. The minimum absolute atomic E-state index is 0.0278. The summed E-state index contributed by atoms with van der Waals surface area (Å²) in [6.07, 6.45) is 12.7. The van der Waals surface area contributed by atoms with E-state index >= 15 is 0 Å². The van der Waals surface area contributed by atoms with Crippen LogP contribution in [0.3, 0.4) is 0 Å². The topological polar surface area (TPSA) is 40.5 Å². The van der Waals surface area contributed by atoms with Gasteiger partial charge in [0.25, 0.3) is 0 Å². The molecule has 22 heavy (non-hydrogen) atoms. The van der Waals surface area contributed by atoms with Crippen LogP contribution < -0.4 is 0 Å². The highest BCUT2D eigenvalue weighted by molar-refractivity contribution is 5.23. The lowest BCUT2D eigenvalue weighted by molar-refractivity contribution is 0.193. The van der Waals surface area contributed by atoms with E-state index in [9.17, 15) is 10.2 Å². The third-order valence-electron chi connectivity index (χ3n) is 4.27. The summed E-state index contributed by atoms with van der Waals surface area (Å²) >= 11 is 0. The standard InChI is InChI=1S/C20H32O2/c1-15(2)19-12-11-17(4)8-5-7-16(3)9-6-10-18(14-21)13-20(19)22/h7,10-12,15,20-22H,5-6,8-9,13-14H2,1-4H3/b16-7+,17-11+,18-10-,19-12-/t20-/m0/s1. The van der Waals surface area contributed by atoms with Crippen LogP contribution in [0.25, 0.3) is 0 Å². The lowest BCUT2D eigenvalue weighted by atomic mass is 9.91. The second kappa shape index (κ2) is 9.81. The smallest absolute Gasteiger partial charge is 0.0793 e. The molecule has 2 N–H and O–H groups in total. The van der Waals surface area contributed by atoms with Crippen molar-refractivity contribution in [1.29, 1.82) is 0 Å². The van der Waals surface area contributed by atoms with Gasteiger partial charge in [0.15, 0.2) is 0 Å². The van der Waals surface area contributed by atoms with Crippen LogP contribution in [0.1, 0.15) is 59.8 Å². The molecule has 0 unspecified atom stereocenters. The largest absolute Gasteiger partial charge is 0.392 e. The molecule has 0 aliphatic heterocycles. The highest BCUT2D eigenvalue weighted by Gasteiger charge is 2.15. The van der Waals surface area contributed by atoms with Crippen molar-refractivity contribution in [2.45, 2.75) is 65.9 Å². The second-order valence-electron chi connectivity index (χ2n) is 6.70. The predicted octanol–water partition coefficient (Wildman–Crippen LogP) is 4.71. The Morgan fingerprint density at radius 2 is 1.68 bits per heavy atom. The molecule has 1 rings (SSSR count). The van der Waals surface area contributed by atoms with Crippen molar-refractivity contribution in [3.63, 3.8) is 0 Å². The molecule has 1 aliphatic carbocycles. The Bertz CT molecular complexity index is 464. The Hall–Kier alpha value is -1.12. The lowest BCUT2D eigenvalue weighted by Gasteiger charge is -2.19. The van der Waals surface area contributed by atoms with Crippen LogP contribution in [-0.2, 0) is 0 Å². The van der Waals surface area contributed by atoms with Gasteiger partial charge in [-0.2, -0.15) is 0 Å². The zero-order valence-corrected chi connectivity index (χ0v) is 14.6. The van der Waals surface area contributed by atoms with Crippen molar-refractivity contribution >= 4 is 0 Å². The van der Waals surface area contributed by atoms with Crippen LogP contribution in [0, 0.1) is 5.92 Å². The Morgan fingerprint density at radius 1 is 1.05 bits per heavy atom. The number of aliphatic hydroxyl groups is 2. The quantitative estimate of drug-likeness (QED) is 0.726. The molecular weight excluding hydrogens is 272 g/mol. The molecule has 1 atom stereocenters. The Morgan fingerprint density at radius 3 is 2.32 bits per heavy atom. The van der Waals surface area contributed by atoms with Gasteiger partial charge in [0.1, 0.15) is 0 Å². The molecule has 2 heteroatoms. The van der Waals surface area contributed by atoms with Gasteiger partial charge < -0.3 is 10.2 Å². The van der Waals surface area contributed by atoms with Crippen molar-refractivity contribution < 1.29 is 10.2 Å². The van der Waals surface area contributed by atoms with Gasteiger partial charge in [-0.3, -0.25) is 0 Å². The van der Waals surface area contributed by atoms with Gasteiger partial charge in [-0.25, -0.2) is 0 Å². The zero-order chi connectivity index (χ0) is 16.5. The summed E-state index contributed by atoms with van der Waals surface area (Å²) in [4.78, 5) is 0. The third-order valence-corrected chi connectivity index (χ3v) is 4.27. The Balaban J connectivity index is 3.05. The van der Waals surface area contributed by atoms with Crippen LogP contribution in [0.4, 0.5) is 0 Å². The molecule has 0 fully saturated rings. The molecule has 0 saturated heterocycles. The van der Waals surface area contributed by atoms with E-state index in [2.05, 4.69) is 52.0 Å². The van der Waals surface area contributed by atoms with Gasteiger partial charge in [0, 0.05) is 6.42 Å². The molecule has 0 radical (unpaired) electrons. The van der Waals surface area contributed by atoms with Crippen molar-refractivity contribution in [3.8, 4) is 0 Å². The number of hydrogen-bond acceptors (Lipinski definition) is 2. The predicted molar refractivity (Wildman–Crippen MR) is 94.7 cm³/mol. The first-order valence-electron chi connectivity index (χ1n) is 8.43. The maximum atomic E-state index is 10.5. The van der Waals surface area contributed by atoms with Crippen molar-refractivity contribution in [3.05, 3.63) is 46.6 Å². The molecule has 0 heterocycles. The van der Waals surface area contributed by atoms with E-state index in [1.807, 2.05) is 0 Å². The Labute approximate surface area is 135 Å². The molecule has 124 valence electrons. The fraction of sp³-hybridized carbons (Fsp3) is 0.600. The van der Waals surface area contributed by atoms with E-state index in [1.54, 1.807) is 0 Å². The van der Waals surface area contributed by atoms with E-state index in [-0.39, 0.29) is 6.61 Å². The first-order valence-corrected chi connectivity index (χ1v) is 8.43. The molecule has 0 aromatic carbocycles. The van der Waals surface area contributed by atoms with Crippen LogP contribution >= 0.6 is 0 Å². The summed E-state index contributed by atoms with van der Waals surface area (Å²) in [7, 11) is 0. The molecular formula is C20H32O2. The lowest BCUT2D eigenvalue weighted by Crippen LogP contribution is -2.16.